The van der Waals surface area contributed by atoms with Crippen molar-refractivity contribution in [2.45, 2.75) is 184 Å². The molecule has 0 amide bonds. The van der Waals surface area contributed by atoms with Gasteiger partial charge in [0.1, 0.15) is 17.4 Å². The van der Waals surface area contributed by atoms with E-state index >= 15 is 0 Å². The quantitative estimate of drug-likeness (QED) is 0.0595. The number of hydrogen-bond donors (Lipinski definition) is 2. The van der Waals surface area contributed by atoms with Crippen molar-refractivity contribution in [3.05, 3.63) is 114 Å². The van der Waals surface area contributed by atoms with Crippen molar-refractivity contribution < 1.29 is 14.3 Å². The number of carbonyl (C=O) groups is 2. The predicted octanol–water partition coefficient (Wildman–Crippen LogP) is 17.7. The summed E-state index contributed by atoms with van der Waals surface area (Å²) in [5.41, 5.74) is 9.03. The van der Waals surface area contributed by atoms with Crippen molar-refractivity contribution in [2.75, 3.05) is 69.2 Å². The van der Waals surface area contributed by atoms with Crippen LogP contribution in [0, 0.1) is 17.3 Å². The highest BCUT2D eigenvalue weighted by Gasteiger charge is 2.40. The van der Waals surface area contributed by atoms with Gasteiger partial charge in [-0.1, -0.05) is 142 Å². The number of aromatic nitrogens is 2. The molecule has 1 unspecified atom stereocenters. The molecular weight excluding hydrogens is 1060 g/mol. The van der Waals surface area contributed by atoms with Crippen molar-refractivity contribution in [1.29, 1.82) is 0 Å². The molecule has 2 saturated carbocycles. The predicted molar refractivity (Wildman–Crippen MR) is 367 cm³/mol. The number of carbonyl (C=O) groups excluding carboxylic acids is 2. The summed E-state index contributed by atoms with van der Waals surface area (Å²) in [6.07, 6.45) is 21.2. The zero-order valence-corrected chi connectivity index (χ0v) is 55.0. The molecule has 5 heterocycles. The molecule has 2 aromatic heterocycles. The summed E-state index contributed by atoms with van der Waals surface area (Å²) in [5, 5.41) is 15.1. The minimum Gasteiger partial charge on any atom is -0.481 e. The number of pyridine rings is 2. The van der Waals surface area contributed by atoms with E-state index in [1.54, 1.807) is 6.92 Å². The SMILES string of the molecule is C=C(C)c1cc(-c2ccc(N3CCN(C(C)C)CC3)nc2)c2c3ccc4c5c(cc(-c6ccc(N7CCNCC7)nc6)c(c6ccc(C(C)=O)c1c62)c53)C(=O)CC4.C=C1OC1(C)C.CC(C)(C)C.CCC(C)C1CCCCC1.CNC1CCCCC1. The number of Topliss-reactive ketones (excluding diaryl/α,β-unsaturated/α-hetero) is 2. The Bertz CT molecular complexity index is 3490. The summed E-state index contributed by atoms with van der Waals surface area (Å²) in [4.78, 5) is 44.8. The first kappa shape index (κ1) is 64.3. The van der Waals surface area contributed by atoms with Gasteiger partial charge in [0.15, 0.2) is 17.2 Å². The third-order valence-corrected chi connectivity index (χ3v) is 19.0. The molecule has 86 heavy (non-hydrogen) atoms. The molecule has 0 radical (unpaired) electrons. The lowest BCUT2D eigenvalue weighted by Gasteiger charge is -2.37. The topological polar surface area (TPSA) is 106 Å². The van der Waals surface area contributed by atoms with Gasteiger partial charge in [0.25, 0.3) is 0 Å². The van der Waals surface area contributed by atoms with Crippen LogP contribution in [-0.2, 0) is 11.2 Å². The van der Waals surface area contributed by atoms with E-state index < -0.39 is 0 Å². The van der Waals surface area contributed by atoms with Crippen LogP contribution < -0.4 is 20.4 Å². The lowest BCUT2D eigenvalue weighted by atomic mass is 9.77. The molecule has 0 bridgehead atoms. The van der Waals surface area contributed by atoms with Gasteiger partial charge in [-0.3, -0.25) is 14.5 Å². The van der Waals surface area contributed by atoms with Gasteiger partial charge in [-0.05, 0) is 181 Å². The molecular formula is C76H103N7O3. The second-order valence-electron chi connectivity index (χ2n) is 28.0. The Labute approximate surface area is 516 Å². The number of anilines is 2. The van der Waals surface area contributed by atoms with Crippen LogP contribution in [0.3, 0.4) is 0 Å². The number of allylic oxidation sites excluding steroid dienone is 1. The first-order chi connectivity index (χ1) is 41.1. The average Bonchev–Trinajstić information content (AvgIpc) is 1.34. The number of fused-ring (bicyclic) bond motifs is 2. The molecule has 13 rings (SSSR count). The zero-order chi connectivity index (χ0) is 61.6. The van der Waals surface area contributed by atoms with Crippen molar-refractivity contribution in [1.82, 2.24) is 25.5 Å². The highest BCUT2D eigenvalue weighted by Crippen LogP contribution is 2.52. The molecule has 10 heteroatoms. The second kappa shape index (κ2) is 27.9. The standard InChI is InChI=1S/C49H48N6O2.C10H20.C7H15N.C5H8O.C5H12/c1-28(2)37-24-38(32-9-15-43(52-26-32)55-22-20-53(21-23-55)29(3)4)47-35-10-6-31-7-13-41(57)40-25-39(33-8-14-42(51-27-33)54-18-16-50-17-19-54)46(48(35)44(31)40)36-12-11-34(30(5)56)45(37)49(36)47;1-3-9(2)10-7-5-4-6-8-10;1-8-7-5-3-2-4-6-7;1-4-5(2,3)6-4;1-5(2,3)4/h6,8-12,14-15,24-27,29,50H,1,7,13,16-23H2,2-5H3;9-10H,3-8H2,1-2H3;7-8H,2-6H2,1H3;1H2,2-3H3;1-4H3. The molecule has 6 aliphatic rings. The Morgan fingerprint density at radius 2 is 1.20 bits per heavy atom. The maximum absolute atomic E-state index is 13.9. The minimum absolute atomic E-state index is 0.0139. The van der Waals surface area contributed by atoms with Crippen molar-refractivity contribution in [3.8, 4) is 22.3 Å². The summed E-state index contributed by atoms with van der Waals surface area (Å²) in [6.45, 7) is 41.4. The largest absolute Gasteiger partial charge is 0.481 e. The number of nitrogens with one attached hydrogen (secondary N) is 2. The van der Waals surface area contributed by atoms with Gasteiger partial charge in [-0.25, -0.2) is 9.97 Å². The van der Waals surface area contributed by atoms with Crippen molar-refractivity contribution in [3.63, 3.8) is 0 Å². The van der Waals surface area contributed by atoms with Gasteiger partial charge in [-0.2, -0.15) is 0 Å². The Balaban J connectivity index is 0.000000248. The van der Waals surface area contributed by atoms with E-state index in [0.29, 0.717) is 29.9 Å². The summed E-state index contributed by atoms with van der Waals surface area (Å²) >= 11 is 0. The molecule has 5 fully saturated rings. The van der Waals surface area contributed by atoms with Gasteiger partial charge in [-0.15, -0.1) is 0 Å². The maximum atomic E-state index is 13.9. The smallest absolute Gasteiger partial charge is 0.163 e. The number of ketones is 2. The highest BCUT2D eigenvalue weighted by molar-refractivity contribution is 6.41. The molecule has 1 atom stereocenters. The molecule has 5 aromatic carbocycles. The minimum atomic E-state index is 0.0139. The van der Waals surface area contributed by atoms with Crippen LogP contribution in [-0.4, -0.2) is 104 Å². The molecule has 7 aromatic rings. The molecule has 3 saturated heterocycles. The van der Waals surface area contributed by atoms with Crippen LogP contribution in [0.15, 0.2) is 92.0 Å². The van der Waals surface area contributed by atoms with Gasteiger partial charge >= 0.3 is 0 Å². The fourth-order valence-electron chi connectivity index (χ4n) is 13.6. The van der Waals surface area contributed by atoms with E-state index in [4.69, 9.17) is 14.7 Å². The number of ether oxygens (including phenoxy) is 1. The molecule has 460 valence electrons. The molecule has 0 spiro atoms. The van der Waals surface area contributed by atoms with E-state index in [-0.39, 0.29) is 17.2 Å². The Morgan fingerprint density at radius 1 is 0.686 bits per heavy atom. The van der Waals surface area contributed by atoms with Crippen LogP contribution in [0.1, 0.15) is 192 Å². The van der Waals surface area contributed by atoms with Crippen molar-refractivity contribution >= 4 is 71.9 Å². The van der Waals surface area contributed by atoms with Crippen LogP contribution in [0.5, 0.6) is 0 Å². The van der Waals surface area contributed by atoms with E-state index in [1.807, 2.05) is 39.2 Å². The van der Waals surface area contributed by atoms with E-state index in [1.165, 1.54) is 76.2 Å². The Morgan fingerprint density at radius 3 is 1.66 bits per heavy atom. The summed E-state index contributed by atoms with van der Waals surface area (Å²) < 4.78 is 4.91. The van der Waals surface area contributed by atoms with Crippen molar-refractivity contribution in [2.24, 2.45) is 17.3 Å². The average molecular weight is 1160 g/mol. The van der Waals surface area contributed by atoms with Crippen LogP contribution in [0.25, 0.3) is 70.9 Å². The first-order valence-electron chi connectivity index (χ1n) is 33.0. The zero-order valence-electron chi connectivity index (χ0n) is 55.0. The second-order valence-corrected chi connectivity index (χ2v) is 28.0. The lowest BCUT2D eigenvalue weighted by molar-refractivity contribution is 0.0980. The molecule has 3 aliphatic heterocycles. The van der Waals surface area contributed by atoms with Crippen LogP contribution >= 0.6 is 0 Å². The summed E-state index contributed by atoms with van der Waals surface area (Å²) in [7, 11) is 2.07. The Kier molecular flexibility index (Phi) is 20.8. The van der Waals surface area contributed by atoms with Gasteiger partial charge < -0.3 is 25.2 Å². The number of piperazine rings is 2. The number of hydrogen-bond acceptors (Lipinski definition) is 10. The lowest BCUT2D eigenvalue weighted by Crippen LogP contribution is -2.49. The first-order valence-corrected chi connectivity index (χ1v) is 33.0. The number of aryl methyl sites for hydroxylation is 1. The molecule has 3 aliphatic carbocycles. The van der Waals surface area contributed by atoms with Gasteiger partial charge in [0.05, 0.1) is 0 Å². The third kappa shape index (κ3) is 14.8. The fourth-order valence-corrected chi connectivity index (χ4v) is 13.6. The van der Waals surface area contributed by atoms with E-state index in [0.717, 1.165) is 170 Å². The van der Waals surface area contributed by atoms with Gasteiger partial charge in [0.2, 0.25) is 0 Å². The Hall–Kier alpha value is -6.20. The normalized spacial score (nSPS) is 18.5. The third-order valence-electron chi connectivity index (χ3n) is 19.0. The van der Waals surface area contributed by atoms with Crippen LogP contribution in [0.4, 0.5) is 11.6 Å². The van der Waals surface area contributed by atoms with Crippen LogP contribution in [0.2, 0.25) is 0 Å². The number of rotatable bonds is 10. The molecule has 10 nitrogen and oxygen atoms in total. The molecule has 2 N–H and O–H groups in total. The monoisotopic (exact) mass is 1160 g/mol. The summed E-state index contributed by atoms with van der Waals surface area (Å²) in [6, 6.07) is 23.0. The maximum Gasteiger partial charge on any atom is 0.163 e. The fraction of sp³-hybridized carbons (Fsp3) is 0.526. The van der Waals surface area contributed by atoms with E-state index in [2.05, 4.69) is 156 Å². The van der Waals surface area contributed by atoms with E-state index in [9.17, 15) is 9.59 Å². The number of benzene rings is 5. The number of nitrogens with zero attached hydrogens (tertiary/aromatic N) is 5. The number of epoxide rings is 1. The summed E-state index contributed by atoms with van der Waals surface area (Å²) in [5.74, 6) is 5.09. The van der Waals surface area contributed by atoms with Gasteiger partial charge in [0, 0.05) is 111 Å². The highest BCUT2D eigenvalue weighted by atomic mass is 16.6.